The lowest BCUT2D eigenvalue weighted by Crippen LogP contribution is -2.50. The van der Waals surface area contributed by atoms with Crippen molar-refractivity contribution in [1.82, 2.24) is 10.1 Å². The molecule has 4 heteroatoms. The third-order valence-electron chi connectivity index (χ3n) is 3.60. The number of nitrogens with zero attached hydrogens (tertiary/aromatic N) is 2. The van der Waals surface area contributed by atoms with Crippen LogP contribution >= 0.6 is 0 Å². The van der Waals surface area contributed by atoms with Gasteiger partial charge in [0.1, 0.15) is 0 Å². The molecule has 0 atom stereocenters. The minimum atomic E-state index is -0.437. The summed E-state index contributed by atoms with van der Waals surface area (Å²) in [5, 5.41) is 4.02. The van der Waals surface area contributed by atoms with Gasteiger partial charge in [-0.25, -0.2) is 0 Å². The Hall–Kier alpha value is -1.68. The number of hydrogen-bond acceptors (Lipinski definition) is 4. The first-order valence-corrected chi connectivity index (χ1v) is 6.01. The van der Waals surface area contributed by atoms with E-state index in [2.05, 4.69) is 10.1 Å². The summed E-state index contributed by atoms with van der Waals surface area (Å²) in [5.41, 5.74) is 6.29. The molecule has 1 heterocycles. The molecule has 0 spiro atoms. The monoisotopic (exact) mass is 245 g/mol. The first-order chi connectivity index (χ1) is 8.32. The van der Waals surface area contributed by atoms with Crippen LogP contribution in [0.4, 0.5) is 0 Å². The van der Waals surface area contributed by atoms with E-state index < -0.39 is 5.54 Å². The second kappa shape index (κ2) is 4.21. The minimum Gasteiger partial charge on any atom is -0.338 e. The predicted octanol–water partition coefficient (Wildman–Crippen LogP) is 2.75. The molecule has 2 aromatic rings. The van der Waals surface area contributed by atoms with Gasteiger partial charge in [0.25, 0.3) is 0 Å². The zero-order valence-electron chi connectivity index (χ0n) is 11.3. The van der Waals surface area contributed by atoms with Crippen LogP contribution in [0.25, 0.3) is 11.4 Å². The summed E-state index contributed by atoms with van der Waals surface area (Å²) >= 11 is 0. The zero-order chi connectivity index (χ0) is 13.4. The van der Waals surface area contributed by atoms with E-state index in [-0.39, 0.29) is 5.41 Å². The van der Waals surface area contributed by atoms with Gasteiger partial charge in [0.2, 0.25) is 11.7 Å². The van der Waals surface area contributed by atoms with Crippen LogP contribution in [-0.4, -0.2) is 15.7 Å². The van der Waals surface area contributed by atoms with Gasteiger partial charge in [-0.05, 0) is 27.7 Å². The van der Waals surface area contributed by atoms with E-state index in [1.54, 1.807) is 0 Å². The van der Waals surface area contributed by atoms with Crippen molar-refractivity contribution in [1.29, 1.82) is 0 Å². The topological polar surface area (TPSA) is 64.9 Å². The Bertz CT molecular complexity index is 523. The average molecular weight is 245 g/mol. The van der Waals surface area contributed by atoms with Crippen molar-refractivity contribution in [2.45, 2.75) is 38.6 Å². The maximum Gasteiger partial charge on any atom is 0.234 e. The van der Waals surface area contributed by atoms with E-state index in [4.69, 9.17) is 10.3 Å². The molecule has 0 bridgehead atoms. The molecular weight excluding hydrogens is 226 g/mol. The predicted molar refractivity (Wildman–Crippen MR) is 71.0 cm³/mol. The summed E-state index contributed by atoms with van der Waals surface area (Å²) in [6.07, 6.45) is 0. The standard InChI is InChI=1S/C14H19N3O/c1-13(2,14(3,4)15)12-16-11(17-18-12)10-8-6-5-7-9-10/h5-9H,15H2,1-4H3. The Balaban J connectivity index is 2.38. The van der Waals surface area contributed by atoms with Crippen molar-refractivity contribution in [3.63, 3.8) is 0 Å². The summed E-state index contributed by atoms with van der Waals surface area (Å²) in [6.45, 7) is 7.93. The molecule has 0 aliphatic rings. The molecular formula is C14H19N3O. The van der Waals surface area contributed by atoms with Crippen molar-refractivity contribution in [3.05, 3.63) is 36.2 Å². The molecule has 0 saturated heterocycles. The van der Waals surface area contributed by atoms with Crippen LogP contribution in [-0.2, 0) is 5.41 Å². The lowest BCUT2D eigenvalue weighted by atomic mass is 9.75. The Morgan fingerprint density at radius 3 is 2.22 bits per heavy atom. The first-order valence-electron chi connectivity index (χ1n) is 6.01. The highest BCUT2D eigenvalue weighted by atomic mass is 16.5. The van der Waals surface area contributed by atoms with E-state index in [9.17, 15) is 0 Å². The largest absolute Gasteiger partial charge is 0.338 e. The third kappa shape index (κ3) is 2.16. The van der Waals surface area contributed by atoms with Crippen LogP contribution in [0.15, 0.2) is 34.9 Å². The third-order valence-corrected chi connectivity index (χ3v) is 3.60. The number of benzene rings is 1. The van der Waals surface area contributed by atoms with Crippen LogP contribution in [0.1, 0.15) is 33.6 Å². The molecule has 4 nitrogen and oxygen atoms in total. The summed E-state index contributed by atoms with van der Waals surface area (Å²) in [4.78, 5) is 4.46. The van der Waals surface area contributed by atoms with Gasteiger partial charge in [0.15, 0.2) is 0 Å². The Morgan fingerprint density at radius 1 is 1.06 bits per heavy atom. The number of hydrogen-bond donors (Lipinski definition) is 1. The Morgan fingerprint density at radius 2 is 1.67 bits per heavy atom. The van der Waals surface area contributed by atoms with Crippen molar-refractivity contribution >= 4 is 0 Å². The number of aromatic nitrogens is 2. The fourth-order valence-electron chi connectivity index (χ4n) is 1.46. The molecule has 0 radical (unpaired) electrons. The maximum atomic E-state index is 6.17. The molecule has 0 aliphatic heterocycles. The van der Waals surface area contributed by atoms with E-state index in [0.717, 1.165) is 5.56 Å². The smallest absolute Gasteiger partial charge is 0.234 e. The summed E-state index contributed by atoms with van der Waals surface area (Å²) in [6, 6.07) is 9.76. The second-order valence-electron chi connectivity index (χ2n) is 5.64. The van der Waals surface area contributed by atoms with Crippen molar-refractivity contribution in [3.8, 4) is 11.4 Å². The lowest BCUT2D eigenvalue weighted by Gasteiger charge is -2.34. The molecule has 0 unspecified atom stereocenters. The van der Waals surface area contributed by atoms with Crippen LogP contribution in [0.2, 0.25) is 0 Å². The van der Waals surface area contributed by atoms with Crippen LogP contribution in [0.5, 0.6) is 0 Å². The summed E-state index contributed by atoms with van der Waals surface area (Å²) in [5.74, 6) is 1.16. The van der Waals surface area contributed by atoms with Crippen molar-refractivity contribution in [2.75, 3.05) is 0 Å². The van der Waals surface area contributed by atoms with Gasteiger partial charge in [0.05, 0.1) is 5.41 Å². The van der Waals surface area contributed by atoms with Crippen molar-refractivity contribution in [2.24, 2.45) is 5.73 Å². The molecule has 0 saturated carbocycles. The van der Waals surface area contributed by atoms with E-state index >= 15 is 0 Å². The number of rotatable bonds is 3. The average Bonchev–Trinajstić information content (AvgIpc) is 2.78. The molecule has 0 amide bonds. The Labute approximate surface area is 107 Å². The van der Waals surface area contributed by atoms with E-state index in [1.165, 1.54) is 0 Å². The molecule has 2 N–H and O–H groups in total. The van der Waals surface area contributed by atoms with E-state index in [0.29, 0.717) is 11.7 Å². The quantitative estimate of drug-likeness (QED) is 0.903. The maximum absolute atomic E-state index is 6.17. The summed E-state index contributed by atoms with van der Waals surface area (Å²) < 4.78 is 5.37. The minimum absolute atomic E-state index is 0.382. The highest BCUT2D eigenvalue weighted by Gasteiger charge is 2.40. The Kier molecular flexibility index (Phi) is 2.99. The highest BCUT2D eigenvalue weighted by molar-refractivity contribution is 5.53. The zero-order valence-corrected chi connectivity index (χ0v) is 11.3. The van der Waals surface area contributed by atoms with Crippen molar-refractivity contribution < 1.29 is 4.52 Å². The normalized spacial score (nSPS) is 12.7. The number of nitrogens with two attached hydrogens (primary N) is 1. The molecule has 0 aliphatic carbocycles. The van der Waals surface area contributed by atoms with Gasteiger partial charge in [-0.3, -0.25) is 0 Å². The van der Waals surface area contributed by atoms with Crippen LogP contribution in [0.3, 0.4) is 0 Å². The van der Waals surface area contributed by atoms with Crippen LogP contribution < -0.4 is 5.73 Å². The van der Waals surface area contributed by atoms with Gasteiger partial charge < -0.3 is 10.3 Å². The molecule has 18 heavy (non-hydrogen) atoms. The van der Waals surface area contributed by atoms with Gasteiger partial charge in [-0.1, -0.05) is 35.5 Å². The SMILES string of the molecule is CC(C)(N)C(C)(C)c1nc(-c2ccccc2)no1. The second-order valence-corrected chi connectivity index (χ2v) is 5.64. The molecule has 1 aromatic carbocycles. The van der Waals surface area contributed by atoms with E-state index in [1.807, 2.05) is 58.0 Å². The summed E-state index contributed by atoms with van der Waals surface area (Å²) in [7, 11) is 0. The van der Waals surface area contributed by atoms with Gasteiger partial charge in [-0.15, -0.1) is 0 Å². The highest BCUT2D eigenvalue weighted by Crippen LogP contribution is 2.32. The first kappa shape index (κ1) is 12.8. The molecule has 1 aromatic heterocycles. The molecule has 0 fully saturated rings. The lowest BCUT2D eigenvalue weighted by molar-refractivity contribution is 0.223. The van der Waals surface area contributed by atoms with Gasteiger partial charge in [0, 0.05) is 11.1 Å². The van der Waals surface area contributed by atoms with Gasteiger partial charge in [-0.2, -0.15) is 4.98 Å². The fraction of sp³-hybridized carbons (Fsp3) is 0.429. The molecule has 96 valence electrons. The molecule has 2 rings (SSSR count). The van der Waals surface area contributed by atoms with Gasteiger partial charge >= 0.3 is 0 Å². The fourth-order valence-corrected chi connectivity index (χ4v) is 1.46. The van der Waals surface area contributed by atoms with Crippen LogP contribution in [0, 0.1) is 0 Å².